The highest BCUT2D eigenvalue weighted by molar-refractivity contribution is 7.92. The van der Waals surface area contributed by atoms with E-state index in [-0.39, 0.29) is 29.4 Å². The molecular formula is C36H30Cl2FN3O5S. The first-order chi connectivity index (χ1) is 23.1. The Balaban J connectivity index is 1.35. The lowest BCUT2D eigenvalue weighted by molar-refractivity contribution is -0.143. The summed E-state index contributed by atoms with van der Waals surface area (Å²) in [6, 6.07) is 32.4. The highest BCUT2D eigenvalue weighted by Gasteiger charge is 2.32. The standard InChI is InChI=1S/C36H30Cl2FN3O5S/c37-28-10-6-25(7-11-28)22-40-36(44)35(27-4-2-1-3-5-27)42(23-26-8-12-29(38)13-9-26)34(43)24-47-32-18-20-33(21-19-32)48(45,46)41-31-16-14-30(39)15-17-31/h1-21,35,41H,22-24H2,(H,40,44). The van der Waals surface area contributed by atoms with Crippen LogP contribution in [0.1, 0.15) is 22.7 Å². The van der Waals surface area contributed by atoms with Crippen molar-refractivity contribution >= 4 is 50.7 Å². The zero-order chi connectivity index (χ0) is 34.1. The van der Waals surface area contributed by atoms with Crippen molar-refractivity contribution in [2.24, 2.45) is 0 Å². The Morgan fingerprint density at radius 3 is 1.94 bits per heavy atom. The number of benzene rings is 5. The maximum Gasteiger partial charge on any atom is 0.261 e. The third kappa shape index (κ3) is 9.34. The molecule has 2 amide bonds. The number of carbonyl (C=O) groups excluding carboxylic acids is 2. The van der Waals surface area contributed by atoms with Crippen LogP contribution in [0.2, 0.25) is 10.0 Å². The summed E-state index contributed by atoms with van der Waals surface area (Å²) in [5, 5.41) is 4.04. The van der Waals surface area contributed by atoms with Crippen molar-refractivity contribution in [1.82, 2.24) is 10.2 Å². The summed E-state index contributed by atoms with van der Waals surface area (Å²) >= 11 is 12.1. The van der Waals surface area contributed by atoms with E-state index in [1.165, 1.54) is 41.3 Å². The average Bonchev–Trinajstić information content (AvgIpc) is 3.09. The molecule has 5 rings (SSSR count). The van der Waals surface area contributed by atoms with E-state index in [0.29, 0.717) is 15.6 Å². The number of anilines is 1. The number of sulfonamides is 1. The van der Waals surface area contributed by atoms with Gasteiger partial charge >= 0.3 is 0 Å². The average molecular weight is 707 g/mol. The third-order valence-electron chi connectivity index (χ3n) is 7.23. The molecule has 0 heterocycles. The van der Waals surface area contributed by atoms with Gasteiger partial charge in [-0.25, -0.2) is 12.8 Å². The van der Waals surface area contributed by atoms with E-state index in [0.717, 1.165) is 23.3 Å². The number of halogens is 3. The Bertz CT molecular complexity index is 1950. The Hall–Kier alpha value is -4.90. The monoisotopic (exact) mass is 705 g/mol. The quantitative estimate of drug-likeness (QED) is 0.133. The number of ether oxygens (including phenoxy) is 1. The lowest BCUT2D eigenvalue weighted by Crippen LogP contribution is -2.45. The van der Waals surface area contributed by atoms with Gasteiger partial charge in [-0.15, -0.1) is 0 Å². The Morgan fingerprint density at radius 1 is 0.750 bits per heavy atom. The molecule has 2 N–H and O–H groups in total. The van der Waals surface area contributed by atoms with Crippen molar-refractivity contribution in [2.45, 2.75) is 24.0 Å². The molecule has 0 saturated heterocycles. The largest absolute Gasteiger partial charge is 0.484 e. The van der Waals surface area contributed by atoms with Gasteiger partial charge in [0, 0.05) is 28.8 Å². The molecule has 0 saturated carbocycles. The number of nitrogens with one attached hydrogen (secondary N) is 2. The van der Waals surface area contributed by atoms with E-state index in [1.807, 2.05) is 6.07 Å². The van der Waals surface area contributed by atoms with Crippen LogP contribution < -0.4 is 14.8 Å². The molecule has 5 aromatic rings. The van der Waals surface area contributed by atoms with Crippen molar-refractivity contribution in [3.63, 3.8) is 0 Å². The molecule has 8 nitrogen and oxygen atoms in total. The smallest absolute Gasteiger partial charge is 0.261 e. The van der Waals surface area contributed by atoms with Crippen LogP contribution in [0.3, 0.4) is 0 Å². The second-order valence-corrected chi connectivity index (χ2v) is 13.2. The summed E-state index contributed by atoms with van der Waals surface area (Å²) < 4.78 is 47.1. The Kier molecular flexibility index (Phi) is 11.3. The fourth-order valence-corrected chi connectivity index (χ4v) is 6.09. The summed E-state index contributed by atoms with van der Waals surface area (Å²) in [5.41, 5.74) is 2.36. The van der Waals surface area contributed by atoms with Gasteiger partial charge in [-0.1, -0.05) is 77.8 Å². The first kappa shape index (κ1) is 34.4. The summed E-state index contributed by atoms with van der Waals surface area (Å²) in [5.74, 6) is -1.15. The van der Waals surface area contributed by atoms with E-state index in [9.17, 15) is 22.4 Å². The maximum absolute atomic E-state index is 13.9. The van der Waals surface area contributed by atoms with Gasteiger partial charge in [-0.2, -0.15) is 0 Å². The molecule has 5 aromatic carbocycles. The van der Waals surface area contributed by atoms with Gasteiger partial charge < -0.3 is 15.0 Å². The number of hydrogen-bond donors (Lipinski definition) is 2. The molecule has 48 heavy (non-hydrogen) atoms. The van der Waals surface area contributed by atoms with Gasteiger partial charge in [0.15, 0.2) is 6.61 Å². The second kappa shape index (κ2) is 15.8. The van der Waals surface area contributed by atoms with Crippen LogP contribution in [0.25, 0.3) is 0 Å². The fourth-order valence-electron chi connectivity index (χ4n) is 4.78. The van der Waals surface area contributed by atoms with Gasteiger partial charge in [0.05, 0.1) is 4.90 Å². The van der Waals surface area contributed by atoms with Crippen molar-refractivity contribution in [3.8, 4) is 5.75 Å². The molecule has 0 aliphatic rings. The highest BCUT2D eigenvalue weighted by atomic mass is 35.5. The predicted octanol–water partition coefficient (Wildman–Crippen LogP) is 7.40. The topological polar surface area (TPSA) is 105 Å². The van der Waals surface area contributed by atoms with Gasteiger partial charge in [-0.05, 0) is 89.5 Å². The number of carbonyl (C=O) groups is 2. The van der Waals surface area contributed by atoms with Gasteiger partial charge in [0.2, 0.25) is 5.91 Å². The minimum absolute atomic E-state index is 0.0589. The molecule has 0 radical (unpaired) electrons. The summed E-state index contributed by atoms with van der Waals surface area (Å²) in [6.45, 7) is -0.162. The molecule has 246 valence electrons. The molecule has 1 unspecified atom stereocenters. The summed E-state index contributed by atoms with van der Waals surface area (Å²) in [4.78, 5) is 29.1. The maximum atomic E-state index is 13.9. The molecular weight excluding hydrogens is 676 g/mol. The van der Waals surface area contributed by atoms with E-state index in [1.54, 1.807) is 72.8 Å². The number of rotatable bonds is 13. The summed E-state index contributed by atoms with van der Waals surface area (Å²) in [7, 11) is -3.97. The van der Waals surface area contributed by atoms with E-state index in [2.05, 4.69) is 10.0 Å². The molecule has 0 fully saturated rings. The van der Waals surface area contributed by atoms with Crippen molar-refractivity contribution < 1.29 is 27.1 Å². The van der Waals surface area contributed by atoms with Gasteiger partial charge in [-0.3, -0.25) is 14.3 Å². The van der Waals surface area contributed by atoms with Crippen molar-refractivity contribution in [1.29, 1.82) is 0 Å². The predicted molar refractivity (Wildman–Crippen MR) is 184 cm³/mol. The Labute approximate surface area is 288 Å². The Morgan fingerprint density at radius 2 is 1.33 bits per heavy atom. The molecule has 12 heteroatoms. The lowest BCUT2D eigenvalue weighted by Gasteiger charge is -2.31. The fraction of sp³-hybridized carbons (Fsp3) is 0.111. The van der Waals surface area contributed by atoms with Crippen LogP contribution in [-0.4, -0.2) is 31.7 Å². The minimum atomic E-state index is -3.97. The van der Waals surface area contributed by atoms with Crippen LogP contribution in [0, 0.1) is 5.82 Å². The second-order valence-electron chi connectivity index (χ2n) is 10.7. The molecule has 0 aliphatic heterocycles. The first-order valence-electron chi connectivity index (χ1n) is 14.7. The van der Waals surface area contributed by atoms with E-state index in [4.69, 9.17) is 27.9 Å². The minimum Gasteiger partial charge on any atom is -0.484 e. The van der Waals surface area contributed by atoms with Crippen LogP contribution >= 0.6 is 23.2 Å². The van der Waals surface area contributed by atoms with Crippen molar-refractivity contribution in [3.05, 3.63) is 160 Å². The number of amides is 2. The first-order valence-corrected chi connectivity index (χ1v) is 16.9. The lowest BCUT2D eigenvalue weighted by atomic mass is 10.0. The molecule has 1 atom stereocenters. The summed E-state index contributed by atoms with van der Waals surface area (Å²) in [6.07, 6.45) is 0. The van der Waals surface area contributed by atoms with Crippen LogP contribution in [-0.2, 0) is 32.7 Å². The van der Waals surface area contributed by atoms with Crippen LogP contribution in [0.5, 0.6) is 5.75 Å². The third-order valence-corrected chi connectivity index (χ3v) is 9.14. The van der Waals surface area contributed by atoms with Gasteiger partial charge in [0.1, 0.15) is 17.6 Å². The SMILES string of the molecule is O=C(NCc1ccc(Cl)cc1)C(c1ccccc1)N(Cc1ccc(Cl)cc1)C(=O)COc1ccc(S(=O)(=O)Nc2ccc(F)cc2)cc1. The number of hydrogen-bond acceptors (Lipinski definition) is 5. The van der Waals surface area contributed by atoms with Crippen LogP contribution in [0.4, 0.5) is 10.1 Å². The van der Waals surface area contributed by atoms with Gasteiger partial charge in [0.25, 0.3) is 15.9 Å². The zero-order valence-corrected chi connectivity index (χ0v) is 27.7. The molecule has 0 aliphatic carbocycles. The van der Waals surface area contributed by atoms with Crippen LogP contribution in [0.15, 0.2) is 132 Å². The zero-order valence-electron chi connectivity index (χ0n) is 25.4. The van der Waals surface area contributed by atoms with E-state index >= 15 is 0 Å². The molecule has 0 aromatic heterocycles. The van der Waals surface area contributed by atoms with E-state index < -0.39 is 40.3 Å². The normalized spacial score (nSPS) is 11.7. The highest BCUT2D eigenvalue weighted by Crippen LogP contribution is 2.26. The molecule has 0 bridgehead atoms. The molecule has 0 spiro atoms. The number of nitrogens with zero attached hydrogens (tertiary/aromatic N) is 1. The van der Waals surface area contributed by atoms with Crippen molar-refractivity contribution in [2.75, 3.05) is 11.3 Å².